The summed E-state index contributed by atoms with van der Waals surface area (Å²) in [6, 6.07) is 6.97. The molecule has 2 fully saturated rings. The molecular weight excluding hydrogens is 411 g/mol. The van der Waals surface area contributed by atoms with E-state index < -0.39 is 6.36 Å². The van der Waals surface area contributed by atoms with Gasteiger partial charge in [-0.05, 0) is 44.0 Å². The van der Waals surface area contributed by atoms with E-state index >= 15 is 0 Å². The maximum atomic E-state index is 12.7. The summed E-state index contributed by atoms with van der Waals surface area (Å²) in [7, 11) is 0. The van der Waals surface area contributed by atoms with Gasteiger partial charge < -0.3 is 19.4 Å². The Hall–Kier alpha value is -3.04. The SMILES string of the molecule is Cc1cc(N2CCN(C(=O)c3ccc(OC(F)(F)F)cc3)CC2)nc(N2CCCC2)n1. The topological polar surface area (TPSA) is 61.8 Å². The summed E-state index contributed by atoms with van der Waals surface area (Å²) >= 11 is 0. The summed E-state index contributed by atoms with van der Waals surface area (Å²) in [5.74, 6) is 1.05. The van der Waals surface area contributed by atoms with Gasteiger partial charge in [0.05, 0.1) is 0 Å². The summed E-state index contributed by atoms with van der Waals surface area (Å²) in [5.41, 5.74) is 1.24. The predicted molar refractivity (Wildman–Crippen MR) is 109 cm³/mol. The molecule has 2 aliphatic rings. The van der Waals surface area contributed by atoms with E-state index in [0.29, 0.717) is 31.7 Å². The summed E-state index contributed by atoms with van der Waals surface area (Å²) in [6.45, 7) is 6.14. The number of nitrogens with zero attached hydrogens (tertiary/aromatic N) is 5. The minimum Gasteiger partial charge on any atom is -0.406 e. The van der Waals surface area contributed by atoms with Gasteiger partial charge in [-0.1, -0.05) is 0 Å². The Bertz CT molecular complexity index is 922. The van der Waals surface area contributed by atoms with Crippen molar-refractivity contribution >= 4 is 17.7 Å². The molecule has 4 rings (SSSR count). The number of anilines is 2. The maximum Gasteiger partial charge on any atom is 0.573 e. The van der Waals surface area contributed by atoms with Crippen LogP contribution in [0, 0.1) is 6.92 Å². The number of aryl methyl sites for hydroxylation is 1. The standard InChI is InChI=1S/C21H24F3N5O2/c1-15-14-18(26-20(25-15)29-8-2-3-9-29)27-10-12-28(13-11-27)19(30)16-4-6-17(7-5-16)31-21(22,23)24/h4-7,14H,2-3,8-13H2,1H3. The fraction of sp³-hybridized carbons (Fsp3) is 0.476. The van der Waals surface area contributed by atoms with Crippen LogP contribution in [0.15, 0.2) is 30.3 Å². The van der Waals surface area contributed by atoms with Crippen molar-refractivity contribution in [3.8, 4) is 5.75 Å². The van der Waals surface area contributed by atoms with Crippen molar-refractivity contribution in [2.75, 3.05) is 49.1 Å². The molecule has 1 aromatic carbocycles. The van der Waals surface area contributed by atoms with Crippen molar-refractivity contribution in [2.24, 2.45) is 0 Å². The lowest BCUT2D eigenvalue weighted by molar-refractivity contribution is -0.274. The van der Waals surface area contributed by atoms with Crippen molar-refractivity contribution in [3.63, 3.8) is 0 Å². The molecule has 2 saturated heterocycles. The summed E-state index contributed by atoms with van der Waals surface area (Å²) in [4.78, 5) is 28.1. The fourth-order valence-corrected chi connectivity index (χ4v) is 3.88. The number of aromatic nitrogens is 2. The normalized spacial score (nSPS) is 17.2. The molecule has 1 aromatic heterocycles. The Morgan fingerprint density at radius 1 is 0.935 bits per heavy atom. The molecule has 3 heterocycles. The second-order valence-corrected chi connectivity index (χ2v) is 7.71. The lowest BCUT2D eigenvalue weighted by atomic mass is 10.1. The van der Waals surface area contributed by atoms with Gasteiger partial charge in [0.15, 0.2) is 0 Å². The summed E-state index contributed by atoms with van der Waals surface area (Å²) < 4.78 is 40.7. The summed E-state index contributed by atoms with van der Waals surface area (Å²) in [6.07, 6.45) is -2.46. The molecule has 0 unspecified atom stereocenters. The van der Waals surface area contributed by atoms with Crippen LogP contribution in [0.5, 0.6) is 5.75 Å². The van der Waals surface area contributed by atoms with Gasteiger partial charge in [-0.2, -0.15) is 4.98 Å². The maximum absolute atomic E-state index is 12.7. The van der Waals surface area contributed by atoms with Crippen LogP contribution in [0.3, 0.4) is 0 Å². The number of piperazine rings is 1. The first-order chi connectivity index (χ1) is 14.8. The number of halogens is 3. The highest BCUT2D eigenvalue weighted by Gasteiger charge is 2.31. The number of carbonyl (C=O) groups excluding carboxylic acids is 1. The van der Waals surface area contributed by atoms with Crippen molar-refractivity contribution in [1.82, 2.24) is 14.9 Å². The van der Waals surface area contributed by atoms with E-state index in [1.807, 2.05) is 13.0 Å². The molecule has 2 aliphatic heterocycles. The molecule has 10 heteroatoms. The highest BCUT2D eigenvalue weighted by molar-refractivity contribution is 5.94. The Morgan fingerprint density at radius 2 is 1.58 bits per heavy atom. The minimum atomic E-state index is -4.75. The van der Waals surface area contributed by atoms with Gasteiger partial charge >= 0.3 is 6.36 Å². The van der Waals surface area contributed by atoms with Crippen molar-refractivity contribution in [1.29, 1.82) is 0 Å². The first-order valence-corrected chi connectivity index (χ1v) is 10.3. The molecule has 0 atom stereocenters. The zero-order valence-corrected chi connectivity index (χ0v) is 17.2. The molecular formula is C21H24F3N5O2. The second-order valence-electron chi connectivity index (χ2n) is 7.71. The Morgan fingerprint density at radius 3 is 2.19 bits per heavy atom. The minimum absolute atomic E-state index is 0.213. The molecule has 31 heavy (non-hydrogen) atoms. The average molecular weight is 435 g/mol. The van der Waals surface area contributed by atoms with Crippen LogP contribution >= 0.6 is 0 Å². The quantitative estimate of drug-likeness (QED) is 0.735. The molecule has 0 aliphatic carbocycles. The molecule has 2 aromatic rings. The van der Waals surface area contributed by atoms with E-state index in [1.165, 1.54) is 12.1 Å². The van der Waals surface area contributed by atoms with E-state index in [0.717, 1.165) is 55.5 Å². The van der Waals surface area contributed by atoms with Crippen molar-refractivity contribution in [2.45, 2.75) is 26.1 Å². The van der Waals surface area contributed by atoms with Gasteiger partial charge in [-0.3, -0.25) is 4.79 Å². The summed E-state index contributed by atoms with van der Waals surface area (Å²) in [5, 5.41) is 0. The first-order valence-electron chi connectivity index (χ1n) is 10.3. The van der Waals surface area contributed by atoms with E-state index in [-0.39, 0.29) is 11.7 Å². The Labute approximate surface area is 178 Å². The number of amides is 1. The first kappa shape index (κ1) is 21.2. The number of alkyl halides is 3. The van der Waals surface area contributed by atoms with E-state index in [1.54, 1.807) is 4.90 Å². The highest BCUT2D eigenvalue weighted by Crippen LogP contribution is 2.24. The van der Waals surface area contributed by atoms with Crippen LogP contribution in [0.2, 0.25) is 0 Å². The van der Waals surface area contributed by atoms with Crippen LogP contribution in [-0.4, -0.2) is 66.4 Å². The van der Waals surface area contributed by atoms with Gasteiger partial charge in [-0.15, -0.1) is 13.2 Å². The molecule has 1 amide bonds. The third-order valence-electron chi connectivity index (χ3n) is 5.44. The molecule has 0 spiro atoms. The fourth-order valence-electron chi connectivity index (χ4n) is 3.88. The number of rotatable bonds is 4. The molecule has 0 N–H and O–H groups in total. The van der Waals surface area contributed by atoms with Crippen LogP contribution < -0.4 is 14.5 Å². The second kappa shape index (κ2) is 8.60. The largest absolute Gasteiger partial charge is 0.573 e. The number of ether oxygens (including phenoxy) is 1. The lowest BCUT2D eigenvalue weighted by Gasteiger charge is -2.35. The number of hydrogen-bond acceptors (Lipinski definition) is 6. The lowest BCUT2D eigenvalue weighted by Crippen LogP contribution is -2.49. The Kier molecular flexibility index (Phi) is 5.88. The zero-order chi connectivity index (χ0) is 22.0. The highest BCUT2D eigenvalue weighted by atomic mass is 19.4. The monoisotopic (exact) mass is 435 g/mol. The average Bonchev–Trinajstić information content (AvgIpc) is 3.27. The van der Waals surface area contributed by atoms with Gasteiger partial charge in [0.1, 0.15) is 11.6 Å². The number of hydrogen-bond donors (Lipinski definition) is 0. The van der Waals surface area contributed by atoms with Crippen LogP contribution in [0.1, 0.15) is 28.9 Å². The van der Waals surface area contributed by atoms with Crippen LogP contribution in [0.4, 0.5) is 24.9 Å². The number of benzene rings is 1. The van der Waals surface area contributed by atoms with E-state index in [9.17, 15) is 18.0 Å². The van der Waals surface area contributed by atoms with Gasteiger partial charge in [0.25, 0.3) is 5.91 Å². The third-order valence-corrected chi connectivity index (χ3v) is 5.44. The van der Waals surface area contributed by atoms with Crippen molar-refractivity contribution in [3.05, 3.63) is 41.6 Å². The molecule has 0 radical (unpaired) electrons. The van der Waals surface area contributed by atoms with Crippen LogP contribution in [0.25, 0.3) is 0 Å². The van der Waals surface area contributed by atoms with Crippen LogP contribution in [-0.2, 0) is 0 Å². The molecule has 7 nitrogen and oxygen atoms in total. The Balaban J connectivity index is 1.38. The predicted octanol–water partition coefficient (Wildman–Crippen LogP) is 3.25. The van der Waals surface area contributed by atoms with E-state index in [2.05, 4.69) is 19.5 Å². The zero-order valence-electron chi connectivity index (χ0n) is 17.2. The van der Waals surface area contributed by atoms with E-state index in [4.69, 9.17) is 4.98 Å². The smallest absolute Gasteiger partial charge is 0.406 e. The molecule has 0 saturated carbocycles. The van der Waals surface area contributed by atoms with Gasteiger partial charge in [0.2, 0.25) is 5.95 Å². The molecule has 166 valence electrons. The van der Waals surface area contributed by atoms with Crippen molar-refractivity contribution < 1.29 is 22.7 Å². The third kappa shape index (κ3) is 5.18. The molecule has 0 bridgehead atoms. The number of carbonyl (C=O) groups is 1. The van der Waals surface area contributed by atoms with Gasteiger partial charge in [0, 0.05) is 56.6 Å². The van der Waals surface area contributed by atoms with Gasteiger partial charge in [-0.25, -0.2) is 4.98 Å².